The monoisotopic (exact) mass is 477 g/mol. The predicted octanol–water partition coefficient (Wildman–Crippen LogP) is 4.93. The number of aryl methyl sites for hydroxylation is 1. The molecule has 0 radical (unpaired) electrons. The summed E-state index contributed by atoms with van der Waals surface area (Å²) in [6.07, 6.45) is -0.138. The average molecular weight is 478 g/mol. The lowest BCUT2D eigenvalue weighted by molar-refractivity contribution is 0.131. The van der Waals surface area contributed by atoms with Gasteiger partial charge in [0.2, 0.25) is 5.88 Å². The van der Waals surface area contributed by atoms with Gasteiger partial charge < -0.3 is 14.9 Å². The van der Waals surface area contributed by atoms with Crippen molar-refractivity contribution in [2.45, 2.75) is 45.8 Å². The summed E-state index contributed by atoms with van der Waals surface area (Å²) in [5.41, 5.74) is 7.70. The standard InChI is InChI=1S/C26H31N3O2SSi/c1-18-16-22(28-24-23(18)29-25(27)32-24)30-17-19(2)31-33(26(3,4)5,20-12-8-6-9-13-20)21-14-10-7-11-15-21/h6-16,19H,17H2,1-5H3,(H2,27,29)/t19-/m1/s1. The molecular weight excluding hydrogens is 446 g/mol. The van der Waals surface area contributed by atoms with Gasteiger partial charge in [-0.25, -0.2) is 9.97 Å². The number of rotatable bonds is 7. The van der Waals surface area contributed by atoms with Crippen molar-refractivity contribution in [1.82, 2.24) is 9.97 Å². The Morgan fingerprint density at radius 2 is 1.55 bits per heavy atom. The Morgan fingerprint density at radius 1 is 0.970 bits per heavy atom. The molecule has 0 unspecified atom stereocenters. The van der Waals surface area contributed by atoms with Gasteiger partial charge in [-0.05, 0) is 34.8 Å². The van der Waals surface area contributed by atoms with Crippen molar-refractivity contribution < 1.29 is 9.16 Å². The van der Waals surface area contributed by atoms with E-state index in [1.54, 1.807) is 0 Å². The summed E-state index contributed by atoms with van der Waals surface area (Å²) >= 11 is 1.37. The lowest BCUT2D eigenvalue weighted by atomic mass is 10.2. The number of thiazole rings is 1. The molecule has 4 aromatic rings. The number of ether oxygens (including phenoxy) is 1. The van der Waals surface area contributed by atoms with Gasteiger partial charge in [0.05, 0.1) is 6.10 Å². The molecule has 5 nitrogen and oxygen atoms in total. The van der Waals surface area contributed by atoms with Crippen molar-refractivity contribution in [3.63, 3.8) is 0 Å². The number of pyridine rings is 1. The van der Waals surface area contributed by atoms with Crippen LogP contribution in [0.4, 0.5) is 5.13 Å². The molecule has 0 spiro atoms. The highest BCUT2D eigenvalue weighted by Gasteiger charge is 2.51. The van der Waals surface area contributed by atoms with Crippen LogP contribution in [0.25, 0.3) is 10.3 Å². The third-order valence-corrected chi connectivity index (χ3v) is 11.8. The minimum atomic E-state index is -2.63. The normalized spacial score (nSPS) is 13.2. The summed E-state index contributed by atoms with van der Waals surface area (Å²) in [7, 11) is -2.63. The highest BCUT2D eigenvalue weighted by Crippen LogP contribution is 2.37. The number of benzene rings is 2. The van der Waals surface area contributed by atoms with Crippen LogP contribution in [0.5, 0.6) is 5.88 Å². The molecule has 0 aliphatic rings. The number of aromatic nitrogens is 2. The second-order valence-corrected chi connectivity index (χ2v) is 14.6. The molecule has 33 heavy (non-hydrogen) atoms. The number of hydrogen-bond donors (Lipinski definition) is 1. The largest absolute Gasteiger partial charge is 0.475 e. The van der Waals surface area contributed by atoms with Crippen molar-refractivity contribution in [1.29, 1.82) is 0 Å². The van der Waals surface area contributed by atoms with Gasteiger partial charge in [0.1, 0.15) is 17.0 Å². The van der Waals surface area contributed by atoms with Crippen LogP contribution in [-0.4, -0.2) is 31.0 Å². The van der Waals surface area contributed by atoms with Crippen LogP contribution < -0.4 is 20.8 Å². The van der Waals surface area contributed by atoms with Gasteiger partial charge in [-0.15, -0.1) is 0 Å². The molecule has 2 aromatic carbocycles. The lowest BCUT2D eigenvalue weighted by Gasteiger charge is -2.44. The Labute approximate surface area is 200 Å². The molecule has 2 aromatic heterocycles. The van der Waals surface area contributed by atoms with E-state index in [0.717, 1.165) is 15.9 Å². The molecule has 172 valence electrons. The maximum atomic E-state index is 7.07. The smallest absolute Gasteiger partial charge is 0.261 e. The van der Waals surface area contributed by atoms with Crippen LogP contribution in [0.15, 0.2) is 66.7 Å². The summed E-state index contributed by atoms with van der Waals surface area (Å²) < 4.78 is 13.2. The molecule has 0 saturated heterocycles. The van der Waals surface area contributed by atoms with Gasteiger partial charge in [-0.2, -0.15) is 0 Å². The maximum Gasteiger partial charge on any atom is 0.261 e. The third-order valence-electron chi connectivity index (χ3n) is 5.81. The molecule has 0 saturated carbocycles. The van der Waals surface area contributed by atoms with Crippen molar-refractivity contribution in [2.75, 3.05) is 12.3 Å². The Bertz CT molecular complexity index is 1180. The highest BCUT2D eigenvalue weighted by molar-refractivity contribution is 7.21. The van der Waals surface area contributed by atoms with Gasteiger partial charge in [0.25, 0.3) is 8.32 Å². The van der Waals surface area contributed by atoms with E-state index in [-0.39, 0.29) is 11.1 Å². The predicted molar refractivity (Wildman–Crippen MR) is 140 cm³/mol. The van der Waals surface area contributed by atoms with Crippen LogP contribution in [-0.2, 0) is 4.43 Å². The van der Waals surface area contributed by atoms with Crippen molar-refractivity contribution >= 4 is 45.5 Å². The first-order valence-electron chi connectivity index (χ1n) is 11.2. The van der Waals surface area contributed by atoms with Gasteiger partial charge in [-0.3, -0.25) is 0 Å². The summed E-state index contributed by atoms with van der Waals surface area (Å²) in [6, 6.07) is 23.2. The molecule has 0 fully saturated rings. The summed E-state index contributed by atoms with van der Waals surface area (Å²) in [4.78, 5) is 9.75. The van der Waals surface area contributed by atoms with E-state index >= 15 is 0 Å². The molecule has 0 aliphatic carbocycles. The fourth-order valence-electron chi connectivity index (χ4n) is 4.35. The molecule has 1 atom stereocenters. The quantitative estimate of drug-likeness (QED) is 0.382. The number of anilines is 1. The van der Waals surface area contributed by atoms with Gasteiger partial charge in [0.15, 0.2) is 5.13 Å². The zero-order valence-corrected chi connectivity index (χ0v) is 21.6. The highest BCUT2D eigenvalue weighted by atomic mass is 32.1. The zero-order chi connectivity index (χ0) is 23.6. The van der Waals surface area contributed by atoms with E-state index in [0.29, 0.717) is 17.6 Å². The van der Waals surface area contributed by atoms with E-state index in [1.165, 1.54) is 21.7 Å². The minimum Gasteiger partial charge on any atom is -0.475 e. The Morgan fingerprint density at radius 3 is 2.09 bits per heavy atom. The fourth-order valence-corrected chi connectivity index (χ4v) is 9.81. The van der Waals surface area contributed by atoms with Gasteiger partial charge >= 0.3 is 0 Å². The van der Waals surface area contributed by atoms with Crippen LogP contribution >= 0.6 is 11.3 Å². The molecular formula is C26H31N3O2SSi. The maximum absolute atomic E-state index is 7.07. The lowest BCUT2D eigenvalue weighted by Crippen LogP contribution is -2.67. The number of hydrogen-bond acceptors (Lipinski definition) is 6. The van der Waals surface area contributed by atoms with Gasteiger partial charge in [-0.1, -0.05) is 92.8 Å². The van der Waals surface area contributed by atoms with Crippen molar-refractivity contribution in [2.24, 2.45) is 0 Å². The minimum absolute atomic E-state index is 0.0854. The molecule has 4 rings (SSSR count). The van der Waals surface area contributed by atoms with Crippen molar-refractivity contribution in [3.8, 4) is 5.88 Å². The summed E-state index contributed by atoms with van der Waals surface area (Å²) in [5, 5.41) is 2.94. The Balaban J connectivity index is 1.64. The van der Waals surface area contributed by atoms with E-state index in [9.17, 15) is 0 Å². The SMILES string of the molecule is Cc1cc(OC[C@@H](C)O[Si](c2ccccc2)(c2ccccc2)C(C)(C)C)nc2sc(N)nc12. The van der Waals surface area contributed by atoms with E-state index < -0.39 is 8.32 Å². The first-order chi connectivity index (χ1) is 15.7. The second kappa shape index (κ2) is 9.25. The molecule has 2 N–H and O–H groups in total. The van der Waals surface area contributed by atoms with E-state index in [2.05, 4.69) is 98.3 Å². The first-order valence-corrected chi connectivity index (χ1v) is 13.9. The number of nitrogens with zero attached hydrogens (tertiary/aromatic N) is 2. The Hall–Kier alpha value is -2.74. The first kappa shape index (κ1) is 23.4. The molecule has 0 aliphatic heterocycles. The van der Waals surface area contributed by atoms with Gasteiger partial charge in [0, 0.05) is 6.07 Å². The molecule has 0 amide bonds. The fraction of sp³-hybridized carbons (Fsp3) is 0.308. The average Bonchev–Trinajstić information content (AvgIpc) is 3.17. The molecule has 0 bridgehead atoms. The third kappa shape index (κ3) is 4.67. The van der Waals surface area contributed by atoms with E-state index in [4.69, 9.17) is 14.9 Å². The zero-order valence-electron chi connectivity index (χ0n) is 19.8. The van der Waals surface area contributed by atoms with Crippen molar-refractivity contribution in [3.05, 3.63) is 72.3 Å². The molecule has 2 heterocycles. The van der Waals surface area contributed by atoms with E-state index in [1.807, 2.05) is 13.0 Å². The number of nitrogens with two attached hydrogens (primary N) is 1. The molecule has 7 heteroatoms. The Kier molecular flexibility index (Phi) is 6.56. The van der Waals surface area contributed by atoms with Crippen LogP contribution in [0.3, 0.4) is 0 Å². The van der Waals surface area contributed by atoms with Crippen LogP contribution in [0, 0.1) is 6.92 Å². The van der Waals surface area contributed by atoms with Crippen LogP contribution in [0.1, 0.15) is 33.3 Å². The second-order valence-electron chi connectivity index (χ2n) is 9.39. The summed E-state index contributed by atoms with van der Waals surface area (Å²) in [6.45, 7) is 11.3. The topological polar surface area (TPSA) is 70.3 Å². The number of nitrogen functional groups attached to an aromatic ring is 1. The van der Waals surface area contributed by atoms with Crippen LogP contribution in [0.2, 0.25) is 5.04 Å². The number of fused-ring (bicyclic) bond motifs is 1. The summed E-state index contributed by atoms with van der Waals surface area (Å²) in [5.74, 6) is 0.571.